The zero-order valence-corrected chi connectivity index (χ0v) is 12.9. The Morgan fingerprint density at radius 2 is 2.05 bits per heavy atom. The van der Waals surface area contributed by atoms with Crippen LogP contribution in [0.2, 0.25) is 0 Å². The number of hydrogen-bond acceptors (Lipinski definition) is 4. The van der Waals surface area contributed by atoms with Crippen molar-refractivity contribution in [1.82, 2.24) is 4.90 Å². The number of ether oxygens (including phenoxy) is 2. The average Bonchev–Trinajstić information content (AvgIpc) is 3.10. The van der Waals surface area contributed by atoms with Crippen LogP contribution in [-0.2, 0) is 9.47 Å². The summed E-state index contributed by atoms with van der Waals surface area (Å²) in [5, 5.41) is 0. The maximum Gasteiger partial charge on any atom is 0.0710 e. The highest BCUT2D eigenvalue weighted by atomic mass is 16.5. The lowest BCUT2D eigenvalue weighted by molar-refractivity contribution is -0.0622. The highest BCUT2D eigenvalue weighted by molar-refractivity contribution is 4.94. The van der Waals surface area contributed by atoms with Crippen molar-refractivity contribution in [3.8, 4) is 0 Å². The van der Waals surface area contributed by atoms with Crippen LogP contribution in [0.1, 0.15) is 51.4 Å². The van der Waals surface area contributed by atoms with Crippen LogP contribution in [0.15, 0.2) is 0 Å². The van der Waals surface area contributed by atoms with Gasteiger partial charge in [0.05, 0.1) is 17.8 Å². The van der Waals surface area contributed by atoms with Gasteiger partial charge in [0.2, 0.25) is 0 Å². The van der Waals surface area contributed by atoms with Crippen molar-refractivity contribution in [3.63, 3.8) is 0 Å². The monoisotopic (exact) mass is 282 g/mol. The normalized spacial score (nSPS) is 37.8. The predicted molar refractivity (Wildman–Crippen MR) is 79.8 cm³/mol. The van der Waals surface area contributed by atoms with Gasteiger partial charge in [0, 0.05) is 32.8 Å². The fourth-order valence-electron chi connectivity index (χ4n) is 4.44. The maximum atomic E-state index is 6.44. The SMILES string of the molecule is COC1CCN(CC2CCC3(CCCC3)O2)C(CN)C1. The Kier molecular flexibility index (Phi) is 4.65. The molecule has 3 fully saturated rings. The molecule has 4 heteroatoms. The van der Waals surface area contributed by atoms with Crippen LogP contribution in [0, 0.1) is 0 Å². The van der Waals surface area contributed by atoms with Crippen molar-refractivity contribution in [3.05, 3.63) is 0 Å². The first-order valence-electron chi connectivity index (χ1n) is 8.39. The molecular formula is C16H30N2O2. The third-order valence-electron chi connectivity index (χ3n) is 5.69. The third kappa shape index (κ3) is 3.03. The Bertz CT molecular complexity index is 318. The lowest BCUT2D eigenvalue weighted by atomic mass is 9.97. The molecule has 20 heavy (non-hydrogen) atoms. The van der Waals surface area contributed by atoms with E-state index >= 15 is 0 Å². The van der Waals surface area contributed by atoms with Gasteiger partial charge in [0.15, 0.2) is 0 Å². The standard InChI is InChI=1S/C16H30N2O2/c1-19-14-5-9-18(13(10-14)11-17)12-15-4-8-16(20-15)6-2-3-7-16/h13-15H,2-12,17H2,1H3. The molecule has 3 aliphatic rings. The Morgan fingerprint density at radius 3 is 2.75 bits per heavy atom. The van der Waals surface area contributed by atoms with Gasteiger partial charge >= 0.3 is 0 Å². The van der Waals surface area contributed by atoms with Gasteiger partial charge in [0.25, 0.3) is 0 Å². The summed E-state index contributed by atoms with van der Waals surface area (Å²) in [5.41, 5.74) is 6.22. The van der Waals surface area contributed by atoms with E-state index in [-0.39, 0.29) is 5.60 Å². The molecule has 0 aromatic carbocycles. The van der Waals surface area contributed by atoms with Gasteiger partial charge in [-0.1, -0.05) is 12.8 Å². The van der Waals surface area contributed by atoms with Crippen LogP contribution in [0.4, 0.5) is 0 Å². The van der Waals surface area contributed by atoms with E-state index in [9.17, 15) is 0 Å². The highest BCUT2D eigenvalue weighted by Gasteiger charge is 2.43. The molecule has 0 amide bonds. The minimum atomic E-state index is 0.258. The van der Waals surface area contributed by atoms with Gasteiger partial charge < -0.3 is 15.2 Å². The van der Waals surface area contributed by atoms with Crippen molar-refractivity contribution in [2.45, 2.75) is 75.2 Å². The van der Waals surface area contributed by atoms with E-state index in [0.29, 0.717) is 18.2 Å². The number of nitrogens with two attached hydrogens (primary N) is 1. The summed E-state index contributed by atoms with van der Waals surface area (Å²) in [5.74, 6) is 0. The van der Waals surface area contributed by atoms with Crippen molar-refractivity contribution < 1.29 is 9.47 Å². The molecule has 2 heterocycles. The largest absolute Gasteiger partial charge is 0.381 e. The number of rotatable bonds is 4. The molecule has 3 rings (SSSR count). The maximum absolute atomic E-state index is 6.44. The van der Waals surface area contributed by atoms with Crippen molar-refractivity contribution in [2.24, 2.45) is 5.73 Å². The Balaban J connectivity index is 1.52. The second kappa shape index (κ2) is 6.30. The first kappa shape index (κ1) is 14.8. The van der Waals surface area contributed by atoms with Gasteiger partial charge in [-0.05, 0) is 38.5 Å². The second-order valence-electron chi connectivity index (χ2n) is 6.94. The molecule has 2 aliphatic heterocycles. The summed E-state index contributed by atoms with van der Waals surface area (Å²) >= 11 is 0. The number of likely N-dealkylation sites (tertiary alicyclic amines) is 1. The first-order chi connectivity index (χ1) is 9.74. The minimum absolute atomic E-state index is 0.258. The molecule has 0 aromatic heterocycles. The average molecular weight is 282 g/mol. The summed E-state index contributed by atoms with van der Waals surface area (Å²) in [4.78, 5) is 2.55. The van der Waals surface area contributed by atoms with Gasteiger partial charge in [-0.2, -0.15) is 0 Å². The zero-order valence-electron chi connectivity index (χ0n) is 12.9. The van der Waals surface area contributed by atoms with Crippen LogP contribution in [0.5, 0.6) is 0 Å². The smallest absolute Gasteiger partial charge is 0.0710 e. The molecule has 1 saturated carbocycles. The summed E-state index contributed by atoms with van der Waals surface area (Å²) < 4.78 is 11.9. The van der Waals surface area contributed by atoms with Crippen LogP contribution >= 0.6 is 0 Å². The first-order valence-corrected chi connectivity index (χ1v) is 8.39. The van der Waals surface area contributed by atoms with Gasteiger partial charge in [-0.15, -0.1) is 0 Å². The fraction of sp³-hybridized carbons (Fsp3) is 1.00. The highest BCUT2D eigenvalue weighted by Crippen LogP contribution is 2.43. The molecule has 2 saturated heterocycles. The quantitative estimate of drug-likeness (QED) is 0.856. The third-order valence-corrected chi connectivity index (χ3v) is 5.69. The molecule has 116 valence electrons. The van der Waals surface area contributed by atoms with Crippen LogP contribution in [0.25, 0.3) is 0 Å². The molecule has 1 spiro atoms. The summed E-state index contributed by atoms with van der Waals surface area (Å²) in [6.45, 7) is 2.91. The number of piperidine rings is 1. The van der Waals surface area contributed by atoms with E-state index in [0.717, 1.165) is 32.5 Å². The second-order valence-corrected chi connectivity index (χ2v) is 6.94. The van der Waals surface area contributed by atoms with E-state index in [4.69, 9.17) is 15.2 Å². The van der Waals surface area contributed by atoms with Gasteiger partial charge in [0.1, 0.15) is 0 Å². The van der Waals surface area contributed by atoms with Crippen LogP contribution in [-0.4, -0.2) is 55.5 Å². The predicted octanol–water partition coefficient (Wildman–Crippen LogP) is 1.92. The van der Waals surface area contributed by atoms with Gasteiger partial charge in [-0.25, -0.2) is 0 Å². The van der Waals surface area contributed by atoms with E-state index in [1.54, 1.807) is 0 Å². The zero-order chi connectivity index (χ0) is 14.0. The van der Waals surface area contributed by atoms with Crippen LogP contribution < -0.4 is 5.73 Å². The molecule has 4 nitrogen and oxygen atoms in total. The van der Waals surface area contributed by atoms with Crippen molar-refractivity contribution in [1.29, 1.82) is 0 Å². The Morgan fingerprint density at radius 1 is 1.25 bits per heavy atom. The topological polar surface area (TPSA) is 47.7 Å². The van der Waals surface area contributed by atoms with E-state index < -0.39 is 0 Å². The van der Waals surface area contributed by atoms with E-state index in [1.807, 2.05) is 7.11 Å². The summed E-state index contributed by atoms with van der Waals surface area (Å²) in [6, 6.07) is 0.470. The Hall–Kier alpha value is -0.160. The molecule has 0 radical (unpaired) electrons. The number of methoxy groups -OCH3 is 1. The molecule has 2 N–H and O–H groups in total. The minimum Gasteiger partial charge on any atom is -0.381 e. The van der Waals surface area contributed by atoms with Crippen molar-refractivity contribution >= 4 is 0 Å². The van der Waals surface area contributed by atoms with E-state index in [2.05, 4.69) is 4.90 Å². The molecule has 0 aromatic rings. The fourth-order valence-corrected chi connectivity index (χ4v) is 4.44. The number of hydrogen-bond donors (Lipinski definition) is 1. The molecular weight excluding hydrogens is 252 g/mol. The van der Waals surface area contributed by atoms with Crippen molar-refractivity contribution in [2.75, 3.05) is 26.7 Å². The van der Waals surface area contributed by atoms with E-state index in [1.165, 1.54) is 38.5 Å². The molecule has 3 atom stereocenters. The summed E-state index contributed by atoms with van der Waals surface area (Å²) in [7, 11) is 1.82. The lowest BCUT2D eigenvalue weighted by Crippen LogP contribution is -2.51. The van der Waals surface area contributed by atoms with Gasteiger partial charge in [-0.3, -0.25) is 4.90 Å². The lowest BCUT2D eigenvalue weighted by Gasteiger charge is -2.39. The Labute approximate surface area is 123 Å². The molecule has 1 aliphatic carbocycles. The molecule has 0 bridgehead atoms. The number of nitrogens with zero attached hydrogens (tertiary/aromatic N) is 1. The summed E-state index contributed by atoms with van der Waals surface area (Å²) in [6.07, 6.45) is 10.8. The molecule has 3 unspecified atom stereocenters. The van der Waals surface area contributed by atoms with Crippen LogP contribution in [0.3, 0.4) is 0 Å².